The number of rotatable bonds is 6. The van der Waals surface area contributed by atoms with Crippen molar-refractivity contribution in [3.8, 4) is 0 Å². The summed E-state index contributed by atoms with van der Waals surface area (Å²) in [6, 6.07) is 0. The van der Waals surface area contributed by atoms with Gasteiger partial charge >= 0.3 is 0 Å². The first-order valence-electron chi connectivity index (χ1n) is 4.79. The summed E-state index contributed by atoms with van der Waals surface area (Å²) in [6.07, 6.45) is 0.840. The molecule has 0 fully saturated rings. The Bertz CT molecular complexity index is 148. The average Bonchev–Trinajstić information content (AvgIpc) is 2.09. The van der Waals surface area contributed by atoms with Crippen molar-refractivity contribution in [3.05, 3.63) is 0 Å². The fourth-order valence-electron chi connectivity index (χ4n) is 1.22. The van der Waals surface area contributed by atoms with Crippen molar-refractivity contribution in [1.82, 2.24) is 5.32 Å². The molecule has 0 aliphatic carbocycles. The maximum atomic E-state index is 11.4. The Hall–Kier alpha value is -0.610. The van der Waals surface area contributed by atoms with Gasteiger partial charge in [0.15, 0.2) is 0 Å². The van der Waals surface area contributed by atoms with Crippen molar-refractivity contribution < 1.29 is 4.79 Å². The molecule has 0 spiro atoms. The minimum Gasteiger partial charge on any atom is -0.355 e. The monoisotopic (exact) mass is 187 g/mol. The van der Waals surface area contributed by atoms with Gasteiger partial charge in [-0.1, -0.05) is 13.8 Å². The van der Waals surface area contributed by atoms with Crippen LogP contribution in [0.1, 0.15) is 20.3 Å². The Morgan fingerprint density at radius 1 is 1.38 bits per heavy atom. The maximum Gasteiger partial charge on any atom is 0.224 e. The Kier molecular flexibility index (Phi) is 6.54. The van der Waals surface area contributed by atoms with Crippen LogP contribution < -0.4 is 16.8 Å². The smallest absolute Gasteiger partial charge is 0.224 e. The van der Waals surface area contributed by atoms with Gasteiger partial charge in [-0.3, -0.25) is 4.79 Å². The van der Waals surface area contributed by atoms with E-state index < -0.39 is 0 Å². The molecule has 0 aromatic carbocycles. The highest BCUT2D eigenvalue weighted by atomic mass is 16.1. The van der Waals surface area contributed by atoms with Crippen molar-refractivity contribution >= 4 is 5.91 Å². The maximum absolute atomic E-state index is 11.4. The molecule has 0 bridgehead atoms. The summed E-state index contributed by atoms with van der Waals surface area (Å²) in [7, 11) is 0. The van der Waals surface area contributed by atoms with E-state index in [-0.39, 0.29) is 11.8 Å². The first-order chi connectivity index (χ1) is 6.11. The normalized spacial score (nSPS) is 13.0. The molecule has 5 N–H and O–H groups in total. The fourth-order valence-corrected chi connectivity index (χ4v) is 1.22. The lowest BCUT2D eigenvalue weighted by molar-refractivity contribution is -0.125. The fraction of sp³-hybridized carbons (Fsp3) is 0.889. The molecule has 0 saturated heterocycles. The molecule has 0 aromatic heterocycles. The van der Waals surface area contributed by atoms with Gasteiger partial charge in [-0.15, -0.1) is 0 Å². The van der Waals surface area contributed by atoms with Crippen LogP contribution in [-0.4, -0.2) is 25.5 Å². The van der Waals surface area contributed by atoms with Gasteiger partial charge in [0, 0.05) is 19.6 Å². The highest BCUT2D eigenvalue weighted by molar-refractivity contribution is 5.78. The van der Waals surface area contributed by atoms with Gasteiger partial charge in [0.1, 0.15) is 0 Å². The van der Waals surface area contributed by atoms with Crippen molar-refractivity contribution in [3.63, 3.8) is 0 Å². The second-order valence-electron chi connectivity index (χ2n) is 3.64. The van der Waals surface area contributed by atoms with Gasteiger partial charge in [0.05, 0.1) is 5.92 Å². The molecular weight excluding hydrogens is 166 g/mol. The lowest BCUT2D eigenvalue weighted by atomic mass is 9.96. The molecule has 0 aliphatic rings. The molecule has 1 atom stereocenters. The van der Waals surface area contributed by atoms with Crippen LogP contribution in [0.5, 0.6) is 0 Å². The SMILES string of the molecule is CC(C)CC(CN)C(=O)NCCN. The second-order valence-corrected chi connectivity index (χ2v) is 3.64. The number of carbonyl (C=O) groups excluding carboxylic acids is 1. The molecular formula is C9H21N3O. The lowest BCUT2D eigenvalue weighted by Crippen LogP contribution is -2.38. The molecule has 0 rings (SSSR count). The van der Waals surface area contributed by atoms with E-state index in [2.05, 4.69) is 19.2 Å². The summed E-state index contributed by atoms with van der Waals surface area (Å²) in [5.74, 6) is 0.463. The van der Waals surface area contributed by atoms with E-state index >= 15 is 0 Å². The van der Waals surface area contributed by atoms with E-state index in [0.717, 1.165) is 6.42 Å². The third kappa shape index (κ3) is 5.60. The number of hydrogen-bond acceptors (Lipinski definition) is 3. The van der Waals surface area contributed by atoms with E-state index in [0.29, 0.717) is 25.6 Å². The number of hydrogen-bond donors (Lipinski definition) is 3. The molecule has 0 radical (unpaired) electrons. The third-order valence-corrected chi connectivity index (χ3v) is 1.85. The number of carbonyl (C=O) groups is 1. The van der Waals surface area contributed by atoms with E-state index in [4.69, 9.17) is 11.5 Å². The number of nitrogens with two attached hydrogens (primary N) is 2. The first-order valence-corrected chi connectivity index (χ1v) is 4.79. The topological polar surface area (TPSA) is 81.1 Å². The number of nitrogens with one attached hydrogen (secondary N) is 1. The summed E-state index contributed by atoms with van der Waals surface area (Å²) >= 11 is 0. The van der Waals surface area contributed by atoms with E-state index in [1.165, 1.54) is 0 Å². The Labute approximate surface area is 80.0 Å². The highest BCUT2D eigenvalue weighted by Crippen LogP contribution is 2.10. The van der Waals surface area contributed by atoms with Crippen molar-refractivity contribution in [2.45, 2.75) is 20.3 Å². The molecule has 1 amide bonds. The molecule has 0 aliphatic heterocycles. The molecule has 0 aromatic rings. The minimum absolute atomic E-state index is 0.0293. The summed E-state index contributed by atoms with van der Waals surface area (Å²) in [6.45, 7) is 5.59. The van der Waals surface area contributed by atoms with E-state index in [1.807, 2.05) is 0 Å². The molecule has 0 heterocycles. The van der Waals surface area contributed by atoms with Gasteiger partial charge in [-0.25, -0.2) is 0 Å². The predicted molar refractivity (Wildman–Crippen MR) is 54.1 cm³/mol. The van der Waals surface area contributed by atoms with Gasteiger partial charge < -0.3 is 16.8 Å². The van der Waals surface area contributed by atoms with Crippen LogP contribution in [0, 0.1) is 11.8 Å². The van der Waals surface area contributed by atoms with E-state index in [1.54, 1.807) is 0 Å². The average molecular weight is 187 g/mol. The van der Waals surface area contributed by atoms with Crippen LogP contribution in [0.2, 0.25) is 0 Å². The van der Waals surface area contributed by atoms with Crippen molar-refractivity contribution in [2.24, 2.45) is 23.3 Å². The van der Waals surface area contributed by atoms with Crippen LogP contribution in [0.4, 0.5) is 0 Å². The van der Waals surface area contributed by atoms with Crippen LogP contribution in [0.25, 0.3) is 0 Å². The summed E-state index contributed by atoms with van der Waals surface area (Å²) in [5.41, 5.74) is 10.8. The molecule has 4 heteroatoms. The third-order valence-electron chi connectivity index (χ3n) is 1.85. The minimum atomic E-state index is -0.0634. The zero-order chi connectivity index (χ0) is 10.3. The Balaban J connectivity index is 3.85. The first kappa shape index (κ1) is 12.4. The molecule has 4 nitrogen and oxygen atoms in total. The quantitative estimate of drug-likeness (QED) is 0.533. The Morgan fingerprint density at radius 3 is 2.38 bits per heavy atom. The lowest BCUT2D eigenvalue weighted by Gasteiger charge is -2.16. The molecule has 0 saturated carbocycles. The molecule has 13 heavy (non-hydrogen) atoms. The van der Waals surface area contributed by atoms with Crippen LogP contribution in [0.15, 0.2) is 0 Å². The standard InChI is InChI=1S/C9H21N3O/c1-7(2)5-8(6-11)9(13)12-4-3-10/h7-8H,3-6,10-11H2,1-2H3,(H,12,13). The van der Waals surface area contributed by atoms with E-state index in [9.17, 15) is 4.79 Å². The summed E-state index contributed by atoms with van der Waals surface area (Å²) in [5, 5.41) is 2.74. The van der Waals surface area contributed by atoms with Gasteiger partial charge in [0.25, 0.3) is 0 Å². The largest absolute Gasteiger partial charge is 0.355 e. The predicted octanol–water partition coefficient (Wildman–Crippen LogP) is -0.318. The summed E-state index contributed by atoms with van der Waals surface area (Å²) < 4.78 is 0. The van der Waals surface area contributed by atoms with Crippen LogP contribution in [-0.2, 0) is 4.79 Å². The van der Waals surface area contributed by atoms with Crippen molar-refractivity contribution in [2.75, 3.05) is 19.6 Å². The van der Waals surface area contributed by atoms with Crippen LogP contribution >= 0.6 is 0 Å². The van der Waals surface area contributed by atoms with Crippen LogP contribution in [0.3, 0.4) is 0 Å². The Morgan fingerprint density at radius 2 is 2.00 bits per heavy atom. The molecule has 1 unspecified atom stereocenters. The molecule has 78 valence electrons. The highest BCUT2D eigenvalue weighted by Gasteiger charge is 2.16. The zero-order valence-electron chi connectivity index (χ0n) is 8.55. The van der Waals surface area contributed by atoms with Gasteiger partial charge in [-0.2, -0.15) is 0 Å². The zero-order valence-corrected chi connectivity index (χ0v) is 8.55. The summed E-state index contributed by atoms with van der Waals surface area (Å²) in [4.78, 5) is 11.4. The van der Waals surface area contributed by atoms with Crippen molar-refractivity contribution in [1.29, 1.82) is 0 Å². The number of amides is 1. The van der Waals surface area contributed by atoms with Gasteiger partial charge in [0.2, 0.25) is 5.91 Å². The second kappa shape index (κ2) is 6.86. The van der Waals surface area contributed by atoms with Gasteiger partial charge in [-0.05, 0) is 12.3 Å².